The third kappa shape index (κ3) is 1.53. The molecule has 2 heterocycles. The summed E-state index contributed by atoms with van der Waals surface area (Å²) in [5.74, 6) is 0. The van der Waals surface area contributed by atoms with E-state index in [1.807, 2.05) is 0 Å². The lowest BCUT2D eigenvalue weighted by atomic mass is 10.2. The van der Waals surface area contributed by atoms with Gasteiger partial charge in [0, 0.05) is 6.61 Å². The van der Waals surface area contributed by atoms with Crippen molar-refractivity contribution in [3.8, 4) is 0 Å². The molecule has 0 radical (unpaired) electrons. The summed E-state index contributed by atoms with van der Waals surface area (Å²) >= 11 is 0. The number of amides is 1. The fourth-order valence-corrected chi connectivity index (χ4v) is 1.63. The summed E-state index contributed by atoms with van der Waals surface area (Å²) in [7, 11) is 0. The van der Waals surface area contributed by atoms with Crippen molar-refractivity contribution >= 4 is 6.09 Å². The summed E-state index contributed by atoms with van der Waals surface area (Å²) < 4.78 is 10.2. The normalized spacial score (nSPS) is 29.5. The molecular formula is C8H13NO3. The molecule has 1 atom stereocenters. The topological polar surface area (TPSA) is 38.8 Å². The molecule has 2 aliphatic rings. The van der Waals surface area contributed by atoms with Crippen LogP contribution < -0.4 is 0 Å². The Bertz CT molecular complexity index is 177. The molecule has 0 bridgehead atoms. The number of nitrogens with zero attached hydrogens (tertiary/aromatic N) is 1. The number of carbonyl (C=O) groups is 1. The Morgan fingerprint density at radius 3 is 3.00 bits per heavy atom. The summed E-state index contributed by atoms with van der Waals surface area (Å²) in [6, 6.07) is 0. The summed E-state index contributed by atoms with van der Waals surface area (Å²) in [4.78, 5) is 12.7. The van der Waals surface area contributed by atoms with Gasteiger partial charge in [0.2, 0.25) is 0 Å². The van der Waals surface area contributed by atoms with Crippen LogP contribution in [0.1, 0.15) is 12.8 Å². The first kappa shape index (κ1) is 7.86. The Hall–Kier alpha value is -0.770. The lowest BCUT2D eigenvalue weighted by Crippen LogP contribution is -2.32. The highest BCUT2D eigenvalue weighted by Crippen LogP contribution is 2.15. The van der Waals surface area contributed by atoms with Crippen LogP contribution in [0, 0.1) is 0 Å². The fraction of sp³-hybridized carbons (Fsp3) is 0.875. The Morgan fingerprint density at radius 2 is 2.42 bits per heavy atom. The van der Waals surface area contributed by atoms with Gasteiger partial charge in [0.25, 0.3) is 0 Å². The Kier molecular flexibility index (Phi) is 2.17. The first-order valence-corrected chi connectivity index (χ1v) is 4.39. The molecule has 2 aliphatic heterocycles. The van der Waals surface area contributed by atoms with Crippen LogP contribution in [0.5, 0.6) is 0 Å². The van der Waals surface area contributed by atoms with Crippen molar-refractivity contribution in [2.75, 3.05) is 26.3 Å². The lowest BCUT2D eigenvalue weighted by molar-refractivity contribution is 0.0828. The fourth-order valence-electron chi connectivity index (χ4n) is 1.63. The molecule has 68 valence electrons. The standard InChI is InChI=1S/C8H13NO3/c10-8-9(3-5-12-8)6-7-2-1-4-11-7/h7H,1-6H2. The second-order valence-corrected chi connectivity index (χ2v) is 3.20. The molecule has 1 amide bonds. The van der Waals surface area contributed by atoms with E-state index in [0.717, 1.165) is 26.0 Å². The number of cyclic esters (lactones) is 1. The van der Waals surface area contributed by atoms with Gasteiger partial charge >= 0.3 is 6.09 Å². The van der Waals surface area contributed by atoms with Crippen molar-refractivity contribution in [2.24, 2.45) is 0 Å². The highest BCUT2D eigenvalue weighted by atomic mass is 16.6. The van der Waals surface area contributed by atoms with Crippen LogP contribution >= 0.6 is 0 Å². The molecule has 4 nitrogen and oxygen atoms in total. The Balaban J connectivity index is 1.81. The predicted molar refractivity (Wildman–Crippen MR) is 41.9 cm³/mol. The third-order valence-corrected chi connectivity index (χ3v) is 2.29. The molecule has 12 heavy (non-hydrogen) atoms. The van der Waals surface area contributed by atoms with E-state index in [0.29, 0.717) is 13.2 Å². The van der Waals surface area contributed by atoms with E-state index in [9.17, 15) is 4.79 Å². The smallest absolute Gasteiger partial charge is 0.410 e. The van der Waals surface area contributed by atoms with Crippen LogP contribution in [-0.4, -0.2) is 43.4 Å². The maximum absolute atomic E-state index is 11.0. The van der Waals surface area contributed by atoms with Gasteiger partial charge in [-0.2, -0.15) is 0 Å². The number of ether oxygens (including phenoxy) is 2. The predicted octanol–water partition coefficient (Wildman–Crippen LogP) is 0.618. The Morgan fingerprint density at radius 1 is 1.50 bits per heavy atom. The highest BCUT2D eigenvalue weighted by Gasteiger charge is 2.26. The SMILES string of the molecule is O=C1OCCN1CC1CCCO1. The van der Waals surface area contributed by atoms with E-state index in [-0.39, 0.29) is 12.2 Å². The third-order valence-electron chi connectivity index (χ3n) is 2.29. The van der Waals surface area contributed by atoms with Gasteiger partial charge < -0.3 is 14.4 Å². The first-order valence-electron chi connectivity index (χ1n) is 4.39. The molecule has 0 saturated carbocycles. The summed E-state index contributed by atoms with van der Waals surface area (Å²) in [6.45, 7) is 2.80. The molecule has 2 rings (SSSR count). The molecule has 4 heteroatoms. The summed E-state index contributed by atoms with van der Waals surface area (Å²) in [5.41, 5.74) is 0. The molecular weight excluding hydrogens is 158 g/mol. The van der Waals surface area contributed by atoms with Crippen LogP contribution in [-0.2, 0) is 9.47 Å². The van der Waals surface area contributed by atoms with E-state index in [2.05, 4.69) is 0 Å². The monoisotopic (exact) mass is 171 g/mol. The van der Waals surface area contributed by atoms with Crippen molar-refractivity contribution in [1.29, 1.82) is 0 Å². The minimum atomic E-state index is -0.189. The van der Waals surface area contributed by atoms with Crippen LogP contribution in [0.4, 0.5) is 4.79 Å². The van der Waals surface area contributed by atoms with Gasteiger partial charge in [-0.25, -0.2) is 4.79 Å². The van der Waals surface area contributed by atoms with Gasteiger partial charge in [0.15, 0.2) is 0 Å². The largest absolute Gasteiger partial charge is 0.448 e. The minimum Gasteiger partial charge on any atom is -0.448 e. The van der Waals surface area contributed by atoms with Crippen molar-refractivity contribution in [2.45, 2.75) is 18.9 Å². The minimum absolute atomic E-state index is 0.189. The maximum Gasteiger partial charge on any atom is 0.410 e. The molecule has 0 aromatic rings. The van der Waals surface area contributed by atoms with Gasteiger partial charge in [-0.15, -0.1) is 0 Å². The van der Waals surface area contributed by atoms with E-state index in [1.54, 1.807) is 4.90 Å². The van der Waals surface area contributed by atoms with Crippen LogP contribution in [0.15, 0.2) is 0 Å². The zero-order valence-electron chi connectivity index (χ0n) is 6.99. The van der Waals surface area contributed by atoms with E-state index >= 15 is 0 Å². The maximum atomic E-state index is 11.0. The van der Waals surface area contributed by atoms with Crippen molar-refractivity contribution in [3.05, 3.63) is 0 Å². The molecule has 0 aromatic carbocycles. The quantitative estimate of drug-likeness (QED) is 0.611. The average molecular weight is 171 g/mol. The first-order chi connectivity index (χ1) is 5.86. The number of carbonyl (C=O) groups excluding carboxylic acids is 1. The molecule has 2 saturated heterocycles. The second-order valence-electron chi connectivity index (χ2n) is 3.20. The zero-order valence-corrected chi connectivity index (χ0v) is 6.99. The summed E-state index contributed by atoms with van der Waals surface area (Å²) in [5, 5.41) is 0. The van der Waals surface area contributed by atoms with E-state index in [1.165, 1.54) is 0 Å². The molecule has 2 fully saturated rings. The van der Waals surface area contributed by atoms with Crippen molar-refractivity contribution in [3.63, 3.8) is 0 Å². The highest BCUT2D eigenvalue weighted by molar-refractivity contribution is 5.69. The second kappa shape index (κ2) is 3.31. The van der Waals surface area contributed by atoms with Crippen molar-refractivity contribution < 1.29 is 14.3 Å². The Labute approximate surface area is 71.4 Å². The van der Waals surface area contributed by atoms with Gasteiger partial charge in [0.05, 0.1) is 19.2 Å². The van der Waals surface area contributed by atoms with Crippen molar-refractivity contribution in [1.82, 2.24) is 4.90 Å². The molecule has 0 spiro atoms. The van der Waals surface area contributed by atoms with Crippen LogP contribution in [0.2, 0.25) is 0 Å². The molecule has 0 N–H and O–H groups in total. The summed E-state index contributed by atoms with van der Waals surface area (Å²) in [6.07, 6.45) is 2.25. The molecule has 0 aromatic heterocycles. The van der Waals surface area contributed by atoms with Gasteiger partial charge in [0.1, 0.15) is 6.61 Å². The molecule has 1 unspecified atom stereocenters. The van der Waals surface area contributed by atoms with E-state index in [4.69, 9.17) is 9.47 Å². The lowest BCUT2D eigenvalue weighted by Gasteiger charge is -2.16. The molecule has 0 aliphatic carbocycles. The van der Waals surface area contributed by atoms with Gasteiger partial charge in [-0.1, -0.05) is 0 Å². The van der Waals surface area contributed by atoms with E-state index < -0.39 is 0 Å². The average Bonchev–Trinajstić information content (AvgIpc) is 2.65. The number of hydrogen-bond donors (Lipinski definition) is 0. The van der Waals surface area contributed by atoms with Gasteiger partial charge in [-0.05, 0) is 12.8 Å². The van der Waals surface area contributed by atoms with Crippen LogP contribution in [0.3, 0.4) is 0 Å². The number of rotatable bonds is 2. The van der Waals surface area contributed by atoms with Gasteiger partial charge in [-0.3, -0.25) is 0 Å². The zero-order chi connectivity index (χ0) is 8.39. The number of hydrogen-bond acceptors (Lipinski definition) is 3. The van der Waals surface area contributed by atoms with Crippen LogP contribution in [0.25, 0.3) is 0 Å².